The van der Waals surface area contributed by atoms with Gasteiger partial charge in [0.25, 0.3) is 11.5 Å². The van der Waals surface area contributed by atoms with Crippen LogP contribution in [0.4, 0.5) is 0 Å². The largest absolute Gasteiger partial charge is 0.454 e. The van der Waals surface area contributed by atoms with Gasteiger partial charge in [0.2, 0.25) is 6.79 Å². The van der Waals surface area contributed by atoms with Crippen LogP contribution in [0.5, 0.6) is 11.5 Å². The van der Waals surface area contributed by atoms with E-state index in [0.717, 1.165) is 37.0 Å². The molecule has 1 aliphatic heterocycles. The zero-order chi connectivity index (χ0) is 22.4. The summed E-state index contributed by atoms with van der Waals surface area (Å²) in [5.41, 5.74) is 2.26. The molecule has 2 aromatic heterocycles. The Kier molecular flexibility index (Phi) is 4.78. The topological polar surface area (TPSA) is 88.9 Å². The summed E-state index contributed by atoms with van der Waals surface area (Å²) in [4.78, 5) is 31.4. The van der Waals surface area contributed by atoms with Crippen molar-refractivity contribution in [3.63, 3.8) is 0 Å². The lowest BCUT2D eigenvalue weighted by Gasteiger charge is -2.34. The maximum absolute atomic E-state index is 13.9. The smallest absolute Gasteiger partial charge is 0.259 e. The molecule has 168 valence electrons. The van der Waals surface area contributed by atoms with Crippen molar-refractivity contribution in [1.29, 1.82) is 0 Å². The van der Waals surface area contributed by atoms with Crippen LogP contribution < -0.4 is 15.0 Å². The van der Waals surface area contributed by atoms with E-state index in [1.165, 1.54) is 6.42 Å². The molecular weight excluding hydrogens is 420 g/mol. The molecule has 0 bridgehead atoms. The molecule has 8 heteroatoms. The third-order valence-electron chi connectivity index (χ3n) is 6.67. The van der Waals surface area contributed by atoms with Gasteiger partial charge in [0.05, 0.1) is 17.1 Å². The second kappa shape index (κ2) is 7.95. The van der Waals surface area contributed by atoms with Crippen molar-refractivity contribution < 1.29 is 14.3 Å². The molecule has 4 aromatic rings. The number of ether oxygens (including phenoxy) is 2. The zero-order valence-electron chi connectivity index (χ0n) is 18.1. The van der Waals surface area contributed by atoms with Crippen LogP contribution in [0, 0.1) is 0 Å². The van der Waals surface area contributed by atoms with E-state index in [0.29, 0.717) is 34.4 Å². The molecule has 3 heterocycles. The van der Waals surface area contributed by atoms with E-state index in [-0.39, 0.29) is 24.3 Å². The lowest BCUT2D eigenvalue weighted by Crippen LogP contribution is -2.41. The molecule has 6 rings (SSSR count). The van der Waals surface area contributed by atoms with E-state index in [9.17, 15) is 9.59 Å². The van der Waals surface area contributed by atoms with Crippen molar-refractivity contribution in [3.8, 4) is 11.5 Å². The Hall–Kier alpha value is -3.81. The summed E-state index contributed by atoms with van der Waals surface area (Å²) in [6.45, 7) is 0.670. The SMILES string of the molecule is O=C(c1cnn2c1[nH]c(=O)c1ccccc12)N(Cc1ccc2c(c1)OCO2)C1CCCCC1. The number of rotatable bonds is 4. The molecule has 1 fully saturated rings. The van der Waals surface area contributed by atoms with Crippen LogP contribution in [0.1, 0.15) is 48.0 Å². The number of aromatic nitrogens is 3. The highest BCUT2D eigenvalue weighted by Gasteiger charge is 2.29. The Bertz CT molecular complexity index is 1420. The zero-order valence-corrected chi connectivity index (χ0v) is 18.1. The van der Waals surface area contributed by atoms with Crippen molar-refractivity contribution in [2.75, 3.05) is 6.79 Å². The number of amides is 1. The molecule has 1 aliphatic carbocycles. The van der Waals surface area contributed by atoms with Crippen LogP contribution in [-0.2, 0) is 6.54 Å². The molecule has 2 aliphatic rings. The second-order valence-electron chi connectivity index (χ2n) is 8.70. The minimum absolute atomic E-state index is 0.125. The molecule has 1 saturated carbocycles. The highest BCUT2D eigenvalue weighted by Crippen LogP contribution is 2.34. The van der Waals surface area contributed by atoms with Gasteiger partial charge < -0.3 is 19.4 Å². The number of hydrogen-bond acceptors (Lipinski definition) is 5. The Labute approximate surface area is 189 Å². The summed E-state index contributed by atoms with van der Waals surface area (Å²) >= 11 is 0. The fourth-order valence-electron chi connectivity index (χ4n) is 4.98. The number of hydrogen-bond donors (Lipinski definition) is 1. The van der Waals surface area contributed by atoms with Crippen molar-refractivity contribution >= 4 is 22.5 Å². The number of benzene rings is 2. The van der Waals surface area contributed by atoms with Gasteiger partial charge in [-0.3, -0.25) is 9.59 Å². The van der Waals surface area contributed by atoms with E-state index < -0.39 is 0 Å². The first-order chi connectivity index (χ1) is 16.2. The van der Waals surface area contributed by atoms with E-state index in [1.54, 1.807) is 16.8 Å². The normalized spacial score (nSPS) is 15.9. The summed E-state index contributed by atoms with van der Waals surface area (Å²) in [5, 5.41) is 4.99. The Morgan fingerprint density at radius 2 is 1.91 bits per heavy atom. The van der Waals surface area contributed by atoms with Crippen LogP contribution >= 0.6 is 0 Å². The van der Waals surface area contributed by atoms with Crippen molar-refractivity contribution in [2.24, 2.45) is 0 Å². The first kappa shape index (κ1) is 19.8. The fourth-order valence-corrected chi connectivity index (χ4v) is 4.98. The van der Waals surface area contributed by atoms with Gasteiger partial charge in [-0.25, -0.2) is 4.52 Å². The predicted molar refractivity (Wildman–Crippen MR) is 123 cm³/mol. The number of carbonyl (C=O) groups is 1. The summed E-state index contributed by atoms with van der Waals surface area (Å²) in [6.07, 6.45) is 6.90. The molecular formula is C25H24N4O4. The Morgan fingerprint density at radius 3 is 2.79 bits per heavy atom. The molecule has 2 aromatic carbocycles. The number of fused-ring (bicyclic) bond motifs is 4. The van der Waals surface area contributed by atoms with E-state index in [1.807, 2.05) is 41.3 Å². The summed E-state index contributed by atoms with van der Waals surface area (Å²) in [5.74, 6) is 1.30. The van der Waals surface area contributed by atoms with Gasteiger partial charge in [0.15, 0.2) is 11.5 Å². The third-order valence-corrected chi connectivity index (χ3v) is 6.67. The van der Waals surface area contributed by atoms with Crippen LogP contribution in [0.3, 0.4) is 0 Å². The van der Waals surface area contributed by atoms with E-state index >= 15 is 0 Å². The Balaban J connectivity index is 1.41. The fraction of sp³-hybridized carbons (Fsp3) is 0.320. The maximum atomic E-state index is 13.9. The van der Waals surface area contributed by atoms with Crippen LogP contribution in [0.25, 0.3) is 16.6 Å². The highest BCUT2D eigenvalue weighted by atomic mass is 16.7. The average molecular weight is 444 g/mol. The van der Waals surface area contributed by atoms with E-state index in [4.69, 9.17) is 9.47 Å². The number of nitrogens with one attached hydrogen (secondary N) is 1. The second-order valence-corrected chi connectivity index (χ2v) is 8.70. The van der Waals surface area contributed by atoms with Crippen molar-refractivity contribution in [3.05, 3.63) is 70.1 Å². The molecule has 0 spiro atoms. The summed E-state index contributed by atoms with van der Waals surface area (Å²) in [6, 6.07) is 13.2. The first-order valence-electron chi connectivity index (χ1n) is 11.4. The van der Waals surface area contributed by atoms with E-state index in [2.05, 4.69) is 10.1 Å². The summed E-state index contributed by atoms with van der Waals surface area (Å²) < 4.78 is 12.6. The standard InChI is InChI=1S/C25H24N4O4/c30-24-18-8-4-5-9-20(18)29-23(27-24)19(13-26-29)25(31)28(17-6-2-1-3-7-17)14-16-10-11-21-22(12-16)33-15-32-21/h4-5,8-13,17H,1-3,6-7,14-15H2,(H,27,30). The van der Waals surface area contributed by atoms with Crippen LogP contribution in [0.15, 0.2) is 53.5 Å². The number of aromatic amines is 1. The first-order valence-corrected chi connectivity index (χ1v) is 11.4. The predicted octanol–water partition coefficient (Wildman–Crippen LogP) is 3.88. The quantitative estimate of drug-likeness (QED) is 0.516. The van der Waals surface area contributed by atoms with Crippen molar-refractivity contribution in [2.45, 2.75) is 44.7 Å². The minimum Gasteiger partial charge on any atom is -0.454 e. The molecule has 8 nitrogen and oxygen atoms in total. The molecule has 0 saturated heterocycles. The van der Waals surface area contributed by atoms with Gasteiger partial charge in [-0.15, -0.1) is 0 Å². The Morgan fingerprint density at radius 1 is 1.09 bits per heavy atom. The monoisotopic (exact) mass is 444 g/mol. The minimum atomic E-state index is -0.229. The van der Waals surface area contributed by atoms with Gasteiger partial charge in [-0.05, 0) is 42.7 Å². The molecule has 1 N–H and O–H groups in total. The lowest BCUT2D eigenvalue weighted by molar-refractivity contribution is 0.0616. The van der Waals surface area contributed by atoms with Gasteiger partial charge in [-0.1, -0.05) is 37.5 Å². The van der Waals surface area contributed by atoms with Gasteiger partial charge in [-0.2, -0.15) is 5.10 Å². The lowest BCUT2D eigenvalue weighted by atomic mass is 9.93. The van der Waals surface area contributed by atoms with Gasteiger partial charge in [0, 0.05) is 12.6 Å². The maximum Gasteiger partial charge on any atom is 0.259 e. The summed E-state index contributed by atoms with van der Waals surface area (Å²) in [7, 11) is 0. The van der Waals surface area contributed by atoms with Gasteiger partial charge in [0.1, 0.15) is 11.2 Å². The van der Waals surface area contributed by atoms with Gasteiger partial charge >= 0.3 is 0 Å². The highest BCUT2D eigenvalue weighted by molar-refractivity contribution is 6.00. The molecule has 0 atom stereocenters. The number of nitrogens with zero attached hydrogens (tertiary/aromatic N) is 3. The average Bonchev–Trinajstić information content (AvgIpc) is 3.50. The number of para-hydroxylation sites is 1. The molecule has 0 radical (unpaired) electrons. The van der Waals surface area contributed by atoms with Crippen LogP contribution in [0.2, 0.25) is 0 Å². The number of carbonyl (C=O) groups excluding carboxylic acids is 1. The third kappa shape index (κ3) is 3.42. The molecule has 1 amide bonds. The molecule has 0 unspecified atom stereocenters. The number of H-pyrrole nitrogens is 1. The van der Waals surface area contributed by atoms with Crippen molar-refractivity contribution in [1.82, 2.24) is 19.5 Å². The molecule has 33 heavy (non-hydrogen) atoms. The van der Waals surface area contributed by atoms with Crippen LogP contribution in [-0.4, -0.2) is 38.2 Å².